The van der Waals surface area contributed by atoms with Gasteiger partial charge in [0.05, 0.1) is 18.4 Å². The first kappa shape index (κ1) is 18.3. The molecule has 4 nitrogen and oxygen atoms in total. The van der Waals surface area contributed by atoms with E-state index in [-0.39, 0.29) is 12.3 Å². The molecule has 0 unspecified atom stereocenters. The van der Waals surface area contributed by atoms with Gasteiger partial charge in [0.15, 0.2) is 0 Å². The van der Waals surface area contributed by atoms with Gasteiger partial charge in [-0.2, -0.15) is 5.10 Å². The molecule has 2 atom stereocenters. The predicted molar refractivity (Wildman–Crippen MR) is 117 cm³/mol. The summed E-state index contributed by atoms with van der Waals surface area (Å²) < 4.78 is 13.1. The standard InChI is InChI=1S/C24H21BrN2O2/c1-2-28-19-13-9-17(10-14-19)24-27-22(20-5-3-4-6-23(20)29-24)15-21(26-27)16-7-11-18(25)12-8-16/h3-14,22,24H,2,15H2,1H3/t22-,24+/m0/s1. The lowest BCUT2D eigenvalue weighted by molar-refractivity contribution is -0.0190. The van der Waals surface area contributed by atoms with Gasteiger partial charge in [0.25, 0.3) is 0 Å². The van der Waals surface area contributed by atoms with Gasteiger partial charge in [-0.05, 0) is 55.0 Å². The zero-order valence-electron chi connectivity index (χ0n) is 16.1. The Morgan fingerprint density at radius 3 is 2.55 bits per heavy atom. The van der Waals surface area contributed by atoms with E-state index in [4.69, 9.17) is 14.6 Å². The third kappa shape index (κ3) is 3.40. The number of nitrogens with zero attached hydrogens (tertiary/aromatic N) is 2. The van der Waals surface area contributed by atoms with E-state index in [9.17, 15) is 0 Å². The van der Waals surface area contributed by atoms with E-state index in [1.54, 1.807) is 0 Å². The maximum Gasteiger partial charge on any atom is 0.213 e. The Morgan fingerprint density at radius 1 is 1.03 bits per heavy atom. The fraction of sp³-hybridized carbons (Fsp3) is 0.208. The number of hydrogen-bond acceptors (Lipinski definition) is 4. The number of hydrogen-bond donors (Lipinski definition) is 0. The normalized spacial score (nSPS) is 19.8. The van der Waals surface area contributed by atoms with Gasteiger partial charge in [-0.3, -0.25) is 0 Å². The number of hydrazone groups is 1. The summed E-state index contributed by atoms with van der Waals surface area (Å²) >= 11 is 3.51. The molecule has 0 saturated heterocycles. The van der Waals surface area contributed by atoms with E-state index in [2.05, 4.69) is 69.5 Å². The van der Waals surface area contributed by atoms with Crippen molar-refractivity contribution in [1.82, 2.24) is 5.01 Å². The number of fused-ring (bicyclic) bond motifs is 3. The van der Waals surface area contributed by atoms with Crippen molar-refractivity contribution in [1.29, 1.82) is 0 Å². The molecule has 0 N–H and O–H groups in total. The summed E-state index contributed by atoms with van der Waals surface area (Å²) in [6, 6.07) is 24.9. The largest absolute Gasteiger partial charge is 0.494 e. The van der Waals surface area contributed by atoms with Crippen molar-refractivity contribution in [3.63, 3.8) is 0 Å². The lowest BCUT2D eigenvalue weighted by Gasteiger charge is -2.38. The molecular weight excluding hydrogens is 428 g/mol. The topological polar surface area (TPSA) is 34.1 Å². The molecule has 0 bridgehead atoms. The van der Waals surface area contributed by atoms with Crippen LogP contribution in [0.15, 0.2) is 82.4 Å². The lowest BCUT2D eigenvalue weighted by Crippen LogP contribution is -2.33. The summed E-state index contributed by atoms with van der Waals surface area (Å²) in [7, 11) is 0. The van der Waals surface area contributed by atoms with Crippen LogP contribution in [0.1, 0.15) is 42.3 Å². The van der Waals surface area contributed by atoms with Crippen LogP contribution in [0.5, 0.6) is 11.5 Å². The fourth-order valence-electron chi connectivity index (χ4n) is 3.97. The number of ether oxygens (including phenoxy) is 2. The molecule has 0 amide bonds. The highest BCUT2D eigenvalue weighted by Crippen LogP contribution is 2.47. The van der Waals surface area contributed by atoms with Crippen LogP contribution < -0.4 is 9.47 Å². The van der Waals surface area contributed by atoms with Gasteiger partial charge in [0.2, 0.25) is 6.23 Å². The van der Waals surface area contributed by atoms with Crippen molar-refractivity contribution in [2.45, 2.75) is 25.6 Å². The van der Waals surface area contributed by atoms with Crippen LogP contribution in [0.25, 0.3) is 0 Å². The summed E-state index contributed by atoms with van der Waals surface area (Å²) in [5.41, 5.74) is 4.48. The first-order valence-corrected chi connectivity index (χ1v) is 10.6. The molecule has 2 aliphatic heterocycles. The van der Waals surface area contributed by atoms with Gasteiger partial charge in [-0.1, -0.05) is 46.3 Å². The Balaban J connectivity index is 1.53. The van der Waals surface area contributed by atoms with E-state index in [0.29, 0.717) is 6.61 Å². The van der Waals surface area contributed by atoms with Crippen LogP contribution in [-0.2, 0) is 0 Å². The highest BCUT2D eigenvalue weighted by Gasteiger charge is 2.40. The minimum Gasteiger partial charge on any atom is -0.494 e. The van der Waals surface area contributed by atoms with Crippen LogP contribution in [-0.4, -0.2) is 17.3 Å². The van der Waals surface area contributed by atoms with Gasteiger partial charge in [-0.15, -0.1) is 0 Å². The summed E-state index contributed by atoms with van der Waals surface area (Å²) in [6.07, 6.45) is 0.591. The van der Waals surface area contributed by atoms with E-state index >= 15 is 0 Å². The van der Waals surface area contributed by atoms with Crippen LogP contribution >= 0.6 is 15.9 Å². The van der Waals surface area contributed by atoms with Gasteiger partial charge in [-0.25, -0.2) is 5.01 Å². The van der Waals surface area contributed by atoms with E-state index < -0.39 is 0 Å². The van der Waals surface area contributed by atoms with Crippen LogP contribution in [0.4, 0.5) is 0 Å². The zero-order chi connectivity index (χ0) is 19.8. The maximum absolute atomic E-state index is 6.41. The van der Waals surface area contributed by atoms with Crippen molar-refractivity contribution in [2.75, 3.05) is 6.61 Å². The van der Waals surface area contributed by atoms with Crippen molar-refractivity contribution < 1.29 is 9.47 Å². The molecule has 2 aliphatic rings. The van der Waals surface area contributed by atoms with Gasteiger partial charge in [0.1, 0.15) is 11.5 Å². The summed E-state index contributed by atoms with van der Waals surface area (Å²) in [4.78, 5) is 0. The highest BCUT2D eigenvalue weighted by molar-refractivity contribution is 9.10. The smallest absolute Gasteiger partial charge is 0.213 e. The number of rotatable bonds is 4. The maximum atomic E-state index is 6.41. The molecule has 2 heterocycles. The fourth-order valence-corrected chi connectivity index (χ4v) is 4.23. The Labute approximate surface area is 178 Å². The Morgan fingerprint density at radius 2 is 1.79 bits per heavy atom. The second-order valence-corrected chi connectivity index (χ2v) is 8.08. The van der Waals surface area contributed by atoms with Gasteiger partial charge >= 0.3 is 0 Å². The molecule has 146 valence electrons. The predicted octanol–water partition coefficient (Wildman–Crippen LogP) is 6.09. The number of benzene rings is 3. The highest BCUT2D eigenvalue weighted by atomic mass is 79.9. The Hall–Kier alpha value is -2.79. The SMILES string of the molecule is CCOc1ccc([C@H]2Oc3ccccc3[C@@H]3CC(c4ccc(Br)cc4)=NN23)cc1. The molecule has 29 heavy (non-hydrogen) atoms. The average Bonchev–Trinajstić information content (AvgIpc) is 3.20. The third-order valence-electron chi connectivity index (χ3n) is 5.35. The van der Waals surface area contributed by atoms with Crippen LogP contribution in [0.2, 0.25) is 0 Å². The first-order valence-electron chi connectivity index (χ1n) is 9.83. The molecule has 3 aromatic carbocycles. The molecule has 0 aromatic heterocycles. The molecule has 0 saturated carbocycles. The number of para-hydroxylation sites is 1. The van der Waals surface area contributed by atoms with Gasteiger partial charge in [0, 0.05) is 22.0 Å². The molecule has 0 spiro atoms. The summed E-state index contributed by atoms with van der Waals surface area (Å²) in [5.74, 6) is 1.80. The van der Waals surface area contributed by atoms with Crippen LogP contribution in [0.3, 0.4) is 0 Å². The van der Waals surface area contributed by atoms with Gasteiger partial charge < -0.3 is 9.47 Å². The molecule has 3 aromatic rings. The minimum atomic E-state index is -0.265. The Kier molecular flexibility index (Phi) is 4.76. The first-order chi connectivity index (χ1) is 14.2. The quantitative estimate of drug-likeness (QED) is 0.484. The zero-order valence-corrected chi connectivity index (χ0v) is 17.7. The molecule has 5 heteroatoms. The molecule has 0 radical (unpaired) electrons. The number of halogens is 1. The summed E-state index contributed by atoms with van der Waals surface area (Å²) in [5, 5.41) is 7.11. The minimum absolute atomic E-state index is 0.162. The Bertz CT molecular complexity index is 1050. The average molecular weight is 449 g/mol. The van der Waals surface area contributed by atoms with Crippen molar-refractivity contribution in [3.8, 4) is 11.5 Å². The molecule has 5 rings (SSSR count). The monoisotopic (exact) mass is 448 g/mol. The summed E-state index contributed by atoms with van der Waals surface area (Å²) in [6.45, 7) is 2.64. The second kappa shape index (κ2) is 7.56. The van der Waals surface area contributed by atoms with Crippen molar-refractivity contribution in [3.05, 3.63) is 94.0 Å². The van der Waals surface area contributed by atoms with Crippen LogP contribution in [0, 0.1) is 0 Å². The van der Waals surface area contributed by atoms with Crippen molar-refractivity contribution in [2.24, 2.45) is 5.10 Å². The molecular formula is C24H21BrN2O2. The van der Waals surface area contributed by atoms with E-state index in [1.807, 2.05) is 31.2 Å². The van der Waals surface area contributed by atoms with E-state index in [0.717, 1.165) is 39.2 Å². The van der Waals surface area contributed by atoms with Crippen molar-refractivity contribution >= 4 is 21.6 Å². The second-order valence-electron chi connectivity index (χ2n) is 7.16. The molecule has 0 aliphatic carbocycles. The lowest BCUT2D eigenvalue weighted by atomic mass is 9.96. The third-order valence-corrected chi connectivity index (χ3v) is 5.88. The van der Waals surface area contributed by atoms with E-state index in [1.165, 1.54) is 5.56 Å². The molecule has 0 fully saturated rings.